The van der Waals surface area contributed by atoms with E-state index < -0.39 is 10.0 Å². The maximum Gasteiger partial charge on any atom is 0.243 e. The number of nitriles is 1. The summed E-state index contributed by atoms with van der Waals surface area (Å²) in [5.74, 6) is 0.438. The maximum atomic E-state index is 12.7. The summed E-state index contributed by atoms with van der Waals surface area (Å²) in [6.07, 6.45) is 4.20. The fourth-order valence-corrected chi connectivity index (χ4v) is 4.10. The van der Waals surface area contributed by atoms with Gasteiger partial charge in [-0.05, 0) is 37.1 Å². The lowest BCUT2D eigenvalue weighted by atomic mass is 10.1. The SMILES string of the molecule is N#Cc1ccc(S(=O)(=O)N2CCCC(Oc3ccncn3)C2)cc1. The maximum absolute atomic E-state index is 12.7. The Morgan fingerprint density at radius 3 is 2.71 bits per heavy atom. The number of rotatable bonds is 4. The average molecular weight is 344 g/mol. The minimum Gasteiger partial charge on any atom is -0.473 e. The molecule has 1 aromatic heterocycles. The van der Waals surface area contributed by atoms with Gasteiger partial charge in [0.1, 0.15) is 12.4 Å². The fourth-order valence-electron chi connectivity index (χ4n) is 2.59. The van der Waals surface area contributed by atoms with E-state index in [0.717, 1.165) is 6.42 Å². The van der Waals surface area contributed by atoms with E-state index >= 15 is 0 Å². The molecule has 0 N–H and O–H groups in total. The molecule has 3 rings (SSSR count). The molecule has 2 aromatic rings. The number of nitrogens with zero attached hydrogens (tertiary/aromatic N) is 4. The minimum atomic E-state index is -3.60. The molecule has 124 valence electrons. The molecule has 24 heavy (non-hydrogen) atoms. The molecule has 0 aliphatic carbocycles. The molecule has 1 aliphatic rings. The second-order valence-corrected chi connectivity index (χ2v) is 7.37. The minimum absolute atomic E-state index is 0.184. The Morgan fingerprint density at radius 1 is 1.25 bits per heavy atom. The lowest BCUT2D eigenvalue weighted by Crippen LogP contribution is -2.44. The second kappa shape index (κ2) is 6.95. The molecular weight excluding hydrogens is 328 g/mol. The zero-order valence-corrected chi connectivity index (χ0v) is 13.7. The van der Waals surface area contributed by atoms with Crippen molar-refractivity contribution in [1.82, 2.24) is 14.3 Å². The highest BCUT2D eigenvalue weighted by Gasteiger charge is 2.31. The van der Waals surface area contributed by atoms with Crippen LogP contribution in [0.15, 0.2) is 47.8 Å². The smallest absolute Gasteiger partial charge is 0.243 e. The molecule has 8 heteroatoms. The van der Waals surface area contributed by atoms with Gasteiger partial charge in [-0.15, -0.1) is 0 Å². The van der Waals surface area contributed by atoms with Gasteiger partial charge in [0, 0.05) is 18.8 Å². The van der Waals surface area contributed by atoms with E-state index in [0.29, 0.717) is 24.4 Å². The van der Waals surface area contributed by atoms with Gasteiger partial charge in [-0.3, -0.25) is 0 Å². The van der Waals surface area contributed by atoms with Crippen LogP contribution in [0, 0.1) is 11.3 Å². The third kappa shape index (κ3) is 3.53. The molecule has 1 aliphatic heterocycles. The quantitative estimate of drug-likeness (QED) is 0.835. The zero-order valence-electron chi connectivity index (χ0n) is 12.9. The number of hydrogen-bond acceptors (Lipinski definition) is 6. The van der Waals surface area contributed by atoms with Crippen LogP contribution < -0.4 is 4.74 Å². The highest BCUT2D eigenvalue weighted by atomic mass is 32.2. The molecule has 0 spiro atoms. The monoisotopic (exact) mass is 344 g/mol. The summed E-state index contributed by atoms with van der Waals surface area (Å²) in [5, 5.41) is 8.82. The van der Waals surface area contributed by atoms with Crippen molar-refractivity contribution in [2.24, 2.45) is 0 Å². The Labute approximate surface area is 140 Å². The van der Waals surface area contributed by atoms with Gasteiger partial charge >= 0.3 is 0 Å². The number of ether oxygens (including phenoxy) is 1. The second-order valence-electron chi connectivity index (χ2n) is 5.43. The van der Waals surface area contributed by atoms with Gasteiger partial charge in [0.15, 0.2) is 0 Å². The predicted octanol–water partition coefficient (Wildman–Crippen LogP) is 1.58. The largest absolute Gasteiger partial charge is 0.473 e. The highest BCUT2D eigenvalue weighted by Crippen LogP contribution is 2.23. The van der Waals surface area contributed by atoms with E-state index in [-0.39, 0.29) is 17.5 Å². The molecule has 1 aromatic carbocycles. The number of benzene rings is 1. The Morgan fingerprint density at radius 2 is 2.04 bits per heavy atom. The molecule has 1 fully saturated rings. The van der Waals surface area contributed by atoms with Crippen molar-refractivity contribution >= 4 is 10.0 Å². The van der Waals surface area contributed by atoms with Crippen molar-refractivity contribution in [1.29, 1.82) is 5.26 Å². The highest BCUT2D eigenvalue weighted by molar-refractivity contribution is 7.89. The average Bonchev–Trinajstić information content (AvgIpc) is 2.63. The first kappa shape index (κ1) is 16.4. The van der Waals surface area contributed by atoms with Crippen LogP contribution in [-0.2, 0) is 10.0 Å². The van der Waals surface area contributed by atoms with Crippen LogP contribution in [0.3, 0.4) is 0 Å². The van der Waals surface area contributed by atoms with Crippen LogP contribution >= 0.6 is 0 Å². The van der Waals surface area contributed by atoms with Crippen molar-refractivity contribution < 1.29 is 13.2 Å². The Hall–Kier alpha value is -2.50. The lowest BCUT2D eigenvalue weighted by Gasteiger charge is -2.31. The summed E-state index contributed by atoms with van der Waals surface area (Å²) in [6, 6.07) is 9.56. The number of aromatic nitrogens is 2. The molecule has 1 atom stereocenters. The van der Waals surface area contributed by atoms with E-state index in [2.05, 4.69) is 9.97 Å². The van der Waals surface area contributed by atoms with Gasteiger partial charge in [0.05, 0.1) is 23.1 Å². The molecule has 1 saturated heterocycles. The van der Waals surface area contributed by atoms with Crippen LogP contribution in [0.5, 0.6) is 5.88 Å². The van der Waals surface area contributed by atoms with E-state index in [1.54, 1.807) is 12.3 Å². The first-order valence-corrected chi connectivity index (χ1v) is 8.96. The van der Waals surface area contributed by atoms with Crippen molar-refractivity contribution in [2.75, 3.05) is 13.1 Å². The molecule has 0 amide bonds. The standard InChI is InChI=1S/C16H16N4O3S/c17-10-13-3-5-15(6-4-13)24(21,22)20-9-1-2-14(11-20)23-16-7-8-18-12-19-16/h3-8,12,14H,1-2,9,11H2. The van der Waals surface area contributed by atoms with Gasteiger partial charge in [0.2, 0.25) is 15.9 Å². The molecular formula is C16H16N4O3S. The molecule has 1 unspecified atom stereocenters. The lowest BCUT2D eigenvalue weighted by molar-refractivity contribution is 0.124. The van der Waals surface area contributed by atoms with Crippen LogP contribution in [0.25, 0.3) is 0 Å². The summed E-state index contributed by atoms with van der Waals surface area (Å²) < 4.78 is 32.7. The van der Waals surface area contributed by atoms with E-state index in [1.807, 2.05) is 6.07 Å². The Kier molecular flexibility index (Phi) is 4.74. The number of sulfonamides is 1. The van der Waals surface area contributed by atoms with Crippen LogP contribution in [0.2, 0.25) is 0 Å². The topological polar surface area (TPSA) is 96.2 Å². The molecule has 7 nitrogen and oxygen atoms in total. The first-order valence-electron chi connectivity index (χ1n) is 7.52. The van der Waals surface area contributed by atoms with Crippen molar-refractivity contribution in [3.05, 3.63) is 48.4 Å². The Balaban J connectivity index is 1.74. The Bertz CT molecular complexity index is 832. The van der Waals surface area contributed by atoms with Crippen LogP contribution in [0.1, 0.15) is 18.4 Å². The number of hydrogen-bond donors (Lipinski definition) is 0. The van der Waals surface area contributed by atoms with Crippen molar-refractivity contribution in [3.8, 4) is 11.9 Å². The van der Waals surface area contributed by atoms with E-state index in [4.69, 9.17) is 10.00 Å². The first-order chi connectivity index (χ1) is 11.6. The summed E-state index contributed by atoms with van der Waals surface area (Å²) in [6.45, 7) is 0.721. The number of piperidine rings is 1. The van der Waals surface area contributed by atoms with E-state index in [9.17, 15) is 8.42 Å². The molecule has 0 saturated carbocycles. The van der Waals surface area contributed by atoms with Gasteiger partial charge < -0.3 is 4.74 Å². The van der Waals surface area contributed by atoms with Crippen molar-refractivity contribution in [2.45, 2.75) is 23.8 Å². The van der Waals surface area contributed by atoms with Gasteiger partial charge in [-0.1, -0.05) is 0 Å². The van der Waals surface area contributed by atoms with Crippen LogP contribution in [-0.4, -0.2) is 41.9 Å². The van der Waals surface area contributed by atoms with Crippen LogP contribution in [0.4, 0.5) is 0 Å². The summed E-state index contributed by atoms with van der Waals surface area (Å²) in [5.41, 5.74) is 0.428. The molecule has 2 heterocycles. The summed E-state index contributed by atoms with van der Waals surface area (Å²) in [7, 11) is -3.60. The van der Waals surface area contributed by atoms with Crippen molar-refractivity contribution in [3.63, 3.8) is 0 Å². The third-order valence-electron chi connectivity index (χ3n) is 3.80. The third-order valence-corrected chi connectivity index (χ3v) is 5.68. The van der Waals surface area contributed by atoms with Gasteiger partial charge in [-0.25, -0.2) is 18.4 Å². The zero-order chi connectivity index (χ0) is 17.0. The summed E-state index contributed by atoms with van der Waals surface area (Å²) in [4.78, 5) is 8.02. The molecule has 0 bridgehead atoms. The van der Waals surface area contributed by atoms with Gasteiger partial charge in [0.25, 0.3) is 0 Å². The molecule has 0 radical (unpaired) electrons. The van der Waals surface area contributed by atoms with E-state index in [1.165, 1.54) is 34.9 Å². The fraction of sp³-hybridized carbons (Fsp3) is 0.312. The normalized spacial score (nSPS) is 18.7. The van der Waals surface area contributed by atoms with Gasteiger partial charge in [-0.2, -0.15) is 9.57 Å². The predicted molar refractivity (Wildman–Crippen MR) is 85.6 cm³/mol. The summed E-state index contributed by atoms with van der Waals surface area (Å²) >= 11 is 0.